The summed E-state index contributed by atoms with van der Waals surface area (Å²) in [5, 5.41) is 13.1. The highest BCUT2D eigenvalue weighted by Gasteiger charge is 2.35. The number of halogens is 2. The second-order valence-corrected chi connectivity index (χ2v) is 7.58. The molecule has 2 aromatic rings. The molecule has 0 aromatic heterocycles. The lowest BCUT2D eigenvalue weighted by atomic mass is 9.74. The van der Waals surface area contributed by atoms with Crippen LogP contribution < -0.4 is 5.32 Å². The monoisotopic (exact) mass is 421 g/mol. The minimum Gasteiger partial charge on any atom is -0.506 e. The molecule has 0 saturated carbocycles. The van der Waals surface area contributed by atoms with Crippen LogP contribution in [0.25, 0.3) is 0 Å². The Hall–Kier alpha value is -1.92. The fourth-order valence-corrected chi connectivity index (χ4v) is 3.96. The predicted molar refractivity (Wildman–Crippen MR) is 101 cm³/mol. The molecule has 1 saturated heterocycles. The van der Waals surface area contributed by atoms with Gasteiger partial charge in [-0.2, -0.15) is 0 Å². The molecule has 0 aliphatic carbocycles. The first kappa shape index (κ1) is 18.9. The van der Waals surface area contributed by atoms with E-state index < -0.39 is 0 Å². The maximum atomic E-state index is 13.3. The molecule has 1 aliphatic rings. The van der Waals surface area contributed by atoms with Crippen molar-refractivity contribution in [3.63, 3.8) is 0 Å². The van der Waals surface area contributed by atoms with Crippen LogP contribution in [0.5, 0.6) is 5.75 Å². The van der Waals surface area contributed by atoms with Gasteiger partial charge < -0.3 is 15.2 Å². The van der Waals surface area contributed by atoms with Gasteiger partial charge in [0.2, 0.25) is 0 Å². The molecule has 4 nitrogen and oxygen atoms in total. The zero-order valence-corrected chi connectivity index (χ0v) is 16.1. The number of aryl methyl sites for hydroxylation is 1. The third-order valence-corrected chi connectivity index (χ3v) is 5.55. The van der Waals surface area contributed by atoms with Crippen LogP contribution in [0.3, 0.4) is 0 Å². The Morgan fingerprint density at radius 3 is 2.58 bits per heavy atom. The Balaban J connectivity index is 1.82. The van der Waals surface area contributed by atoms with E-state index in [1.807, 2.05) is 6.92 Å². The van der Waals surface area contributed by atoms with Crippen molar-refractivity contribution >= 4 is 21.8 Å². The first-order valence-corrected chi connectivity index (χ1v) is 9.32. The largest absolute Gasteiger partial charge is 0.506 e. The number of phenolic OH excluding ortho intramolecular Hbond substituents is 1. The van der Waals surface area contributed by atoms with Crippen LogP contribution in [0, 0.1) is 12.7 Å². The summed E-state index contributed by atoms with van der Waals surface area (Å²) < 4.78 is 19.3. The van der Waals surface area contributed by atoms with Crippen LogP contribution in [0.2, 0.25) is 0 Å². The van der Waals surface area contributed by atoms with Crippen molar-refractivity contribution in [2.24, 2.45) is 0 Å². The number of amides is 1. The molecule has 0 unspecified atom stereocenters. The molecule has 1 aliphatic heterocycles. The van der Waals surface area contributed by atoms with Gasteiger partial charge in [-0.15, -0.1) is 0 Å². The second kappa shape index (κ2) is 7.76. The highest BCUT2D eigenvalue weighted by Crippen LogP contribution is 2.35. The molecule has 2 N–H and O–H groups in total. The number of nitrogens with one attached hydrogen (secondary N) is 1. The van der Waals surface area contributed by atoms with E-state index in [-0.39, 0.29) is 28.5 Å². The lowest BCUT2D eigenvalue weighted by Gasteiger charge is -2.38. The molecule has 0 atom stereocenters. The predicted octanol–water partition coefficient (Wildman–Crippen LogP) is 4.08. The van der Waals surface area contributed by atoms with Crippen molar-refractivity contribution in [2.75, 3.05) is 19.8 Å². The van der Waals surface area contributed by atoms with Crippen LogP contribution >= 0.6 is 15.9 Å². The smallest absolute Gasteiger partial charge is 0.255 e. The molecule has 26 heavy (non-hydrogen) atoms. The van der Waals surface area contributed by atoms with Crippen molar-refractivity contribution < 1.29 is 19.0 Å². The molecular formula is C20H21BrFNO3. The van der Waals surface area contributed by atoms with E-state index in [9.17, 15) is 14.3 Å². The van der Waals surface area contributed by atoms with Gasteiger partial charge in [0.25, 0.3) is 5.91 Å². The molecular weight excluding hydrogens is 401 g/mol. The summed E-state index contributed by atoms with van der Waals surface area (Å²) in [6, 6.07) is 9.84. The van der Waals surface area contributed by atoms with Crippen LogP contribution in [0.15, 0.2) is 40.9 Å². The zero-order chi connectivity index (χ0) is 18.7. The quantitative estimate of drug-likeness (QED) is 0.781. The second-order valence-electron chi connectivity index (χ2n) is 6.73. The molecule has 2 aromatic carbocycles. The van der Waals surface area contributed by atoms with Crippen molar-refractivity contribution in [1.29, 1.82) is 0 Å². The molecule has 0 radical (unpaired) electrons. The fraction of sp³-hybridized carbons (Fsp3) is 0.350. The van der Waals surface area contributed by atoms with Gasteiger partial charge in [-0.05, 0) is 71.1 Å². The number of ether oxygens (including phenoxy) is 1. The van der Waals surface area contributed by atoms with E-state index in [2.05, 4.69) is 21.2 Å². The molecule has 0 bridgehead atoms. The number of hydrogen-bond donors (Lipinski definition) is 2. The van der Waals surface area contributed by atoms with Gasteiger partial charge in [-0.3, -0.25) is 4.79 Å². The van der Waals surface area contributed by atoms with Gasteiger partial charge in [0.1, 0.15) is 11.6 Å². The van der Waals surface area contributed by atoms with Crippen molar-refractivity contribution in [3.05, 3.63) is 63.4 Å². The minimum atomic E-state index is -0.333. The summed E-state index contributed by atoms with van der Waals surface area (Å²) in [6.07, 6.45) is 1.48. The lowest BCUT2D eigenvalue weighted by Crippen LogP contribution is -2.44. The molecule has 138 valence electrons. The van der Waals surface area contributed by atoms with Crippen LogP contribution in [-0.4, -0.2) is 30.8 Å². The Labute approximate surface area is 160 Å². The van der Waals surface area contributed by atoms with Crippen LogP contribution in [0.1, 0.15) is 34.3 Å². The van der Waals surface area contributed by atoms with Gasteiger partial charge in [0, 0.05) is 25.2 Å². The van der Waals surface area contributed by atoms with Gasteiger partial charge >= 0.3 is 0 Å². The van der Waals surface area contributed by atoms with Crippen molar-refractivity contribution in [3.8, 4) is 5.75 Å². The molecule has 1 amide bonds. The van der Waals surface area contributed by atoms with E-state index in [0.29, 0.717) is 24.2 Å². The van der Waals surface area contributed by atoms with Gasteiger partial charge in [0.15, 0.2) is 0 Å². The van der Waals surface area contributed by atoms with E-state index in [0.717, 1.165) is 24.0 Å². The summed E-state index contributed by atoms with van der Waals surface area (Å²) in [5.41, 5.74) is 1.78. The number of phenols is 1. The third-order valence-electron chi connectivity index (χ3n) is 4.95. The summed E-state index contributed by atoms with van der Waals surface area (Å²) in [6.45, 7) is 3.44. The number of carbonyl (C=O) groups excluding carboxylic acids is 1. The topological polar surface area (TPSA) is 58.6 Å². The van der Waals surface area contributed by atoms with Crippen LogP contribution in [0.4, 0.5) is 4.39 Å². The molecule has 3 rings (SSSR count). The number of rotatable bonds is 4. The van der Waals surface area contributed by atoms with Gasteiger partial charge in [0.05, 0.1) is 10.0 Å². The minimum absolute atomic E-state index is 0.0732. The first-order chi connectivity index (χ1) is 12.4. The summed E-state index contributed by atoms with van der Waals surface area (Å²) >= 11 is 3.26. The highest BCUT2D eigenvalue weighted by molar-refractivity contribution is 9.10. The van der Waals surface area contributed by atoms with Crippen molar-refractivity contribution in [1.82, 2.24) is 5.32 Å². The number of benzene rings is 2. The molecule has 1 heterocycles. The average molecular weight is 422 g/mol. The Bertz CT molecular complexity index is 801. The van der Waals surface area contributed by atoms with E-state index in [4.69, 9.17) is 4.74 Å². The molecule has 1 fully saturated rings. The molecule has 6 heteroatoms. The number of aromatic hydroxyl groups is 1. The van der Waals surface area contributed by atoms with E-state index >= 15 is 0 Å². The van der Waals surface area contributed by atoms with E-state index in [1.54, 1.807) is 24.3 Å². The van der Waals surface area contributed by atoms with Gasteiger partial charge in [-0.1, -0.05) is 12.1 Å². The summed E-state index contributed by atoms with van der Waals surface area (Å²) in [4.78, 5) is 12.7. The fourth-order valence-electron chi connectivity index (χ4n) is 3.39. The molecule has 0 spiro atoms. The Morgan fingerprint density at radius 1 is 1.27 bits per heavy atom. The summed E-state index contributed by atoms with van der Waals surface area (Å²) in [5.74, 6) is -0.690. The highest BCUT2D eigenvalue weighted by atomic mass is 79.9. The van der Waals surface area contributed by atoms with Crippen LogP contribution in [-0.2, 0) is 10.2 Å². The normalized spacial score (nSPS) is 16.3. The third kappa shape index (κ3) is 3.91. The Morgan fingerprint density at radius 2 is 1.92 bits per heavy atom. The zero-order valence-electron chi connectivity index (χ0n) is 14.5. The van der Waals surface area contributed by atoms with E-state index in [1.165, 1.54) is 12.1 Å². The maximum Gasteiger partial charge on any atom is 0.255 e. The van der Waals surface area contributed by atoms with Crippen molar-refractivity contribution in [2.45, 2.75) is 25.2 Å². The average Bonchev–Trinajstić information content (AvgIpc) is 2.64. The Kier molecular flexibility index (Phi) is 5.63. The SMILES string of the molecule is Cc1cc(Br)c(O)c(C(=O)NCC2(c3ccc(F)cc3)CCOCC2)c1. The first-order valence-electron chi connectivity index (χ1n) is 8.52. The maximum absolute atomic E-state index is 13.3. The number of hydrogen-bond acceptors (Lipinski definition) is 3. The lowest BCUT2D eigenvalue weighted by molar-refractivity contribution is 0.0486. The summed E-state index contributed by atoms with van der Waals surface area (Å²) in [7, 11) is 0. The number of carbonyl (C=O) groups is 1. The standard InChI is InChI=1S/C20H21BrFNO3/c1-13-10-16(18(24)17(21)11-13)19(25)23-12-20(6-8-26-9-7-20)14-2-4-15(22)5-3-14/h2-5,10-11,24H,6-9,12H2,1H3,(H,23,25). The van der Waals surface area contributed by atoms with Gasteiger partial charge in [-0.25, -0.2) is 4.39 Å².